The van der Waals surface area contributed by atoms with Gasteiger partial charge in [-0.3, -0.25) is 4.79 Å². The molecule has 2 rings (SSSR count). The molecular formula is C15H20O2S. The van der Waals surface area contributed by atoms with Gasteiger partial charge >= 0.3 is 5.97 Å². The molecule has 1 N–H and O–H groups in total. The largest absolute Gasteiger partial charge is 0.481 e. The number of hydrogen-bond donors (Lipinski definition) is 1. The average Bonchev–Trinajstić information content (AvgIpc) is 2.88. The molecule has 0 spiro atoms. The Morgan fingerprint density at radius 3 is 2.56 bits per heavy atom. The summed E-state index contributed by atoms with van der Waals surface area (Å²) in [6, 6.07) is 9.57. The number of carboxylic acid groups (broad SMARTS) is 1. The third-order valence-electron chi connectivity index (χ3n) is 3.61. The average molecular weight is 264 g/mol. The van der Waals surface area contributed by atoms with Crippen molar-refractivity contribution in [3.8, 4) is 0 Å². The number of benzene rings is 1. The van der Waals surface area contributed by atoms with Crippen molar-refractivity contribution in [2.45, 2.75) is 31.6 Å². The van der Waals surface area contributed by atoms with E-state index >= 15 is 0 Å². The Kier molecular flexibility index (Phi) is 5.12. The molecule has 0 radical (unpaired) electrons. The summed E-state index contributed by atoms with van der Waals surface area (Å²) in [5.74, 6) is 1.56. The van der Waals surface area contributed by atoms with Crippen LogP contribution in [0.15, 0.2) is 30.3 Å². The second kappa shape index (κ2) is 6.83. The van der Waals surface area contributed by atoms with E-state index in [-0.39, 0.29) is 5.92 Å². The quantitative estimate of drug-likeness (QED) is 0.849. The highest BCUT2D eigenvalue weighted by atomic mass is 32.2. The summed E-state index contributed by atoms with van der Waals surface area (Å²) in [6.45, 7) is 0. The van der Waals surface area contributed by atoms with Crippen molar-refractivity contribution in [1.82, 2.24) is 0 Å². The van der Waals surface area contributed by atoms with E-state index in [0.717, 1.165) is 17.2 Å². The van der Waals surface area contributed by atoms with Crippen LogP contribution in [0.3, 0.4) is 0 Å². The molecule has 18 heavy (non-hydrogen) atoms. The molecule has 1 aliphatic rings. The number of hydrogen-bond acceptors (Lipinski definition) is 2. The normalized spacial score (nSPS) is 17.8. The van der Waals surface area contributed by atoms with Gasteiger partial charge in [0.1, 0.15) is 0 Å². The Hall–Kier alpha value is -0.960. The molecule has 1 aromatic carbocycles. The SMILES string of the molecule is O=C(O)C(CSCC1CCCC1)c1ccccc1. The maximum atomic E-state index is 11.3. The van der Waals surface area contributed by atoms with Crippen molar-refractivity contribution in [3.05, 3.63) is 35.9 Å². The Bertz CT molecular complexity index is 371. The Morgan fingerprint density at radius 2 is 1.94 bits per heavy atom. The number of rotatable bonds is 6. The van der Waals surface area contributed by atoms with Crippen LogP contribution in [0.2, 0.25) is 0 Å². The summed E-state index contributed by atoms with van der Waals surface area (Å²) in [4.78, 5) is 11.3. The fourth-order valence-corrected chi connectivity index (χ4v) is 3.90. The van der Waals surface area contributed by atoms with Crippen molar-refractivity contribution in [1.29, 1.82) is 0 Å². The lowest BCUT2D eigenvalue weighted by molar-refractivity contribution is -0.138. The lowest BCUT2D eigenvalue weighted by Crippen LogP contribution is -2.15. The van der Waals surface area contributed by atoms with Crippen molar-refractivity contribution >= 4 is 17.7 Å². The van der Waals surface area contributed by atoms with E-state index in [1.165, 1.54) is 25.7 Å². The molecule has 1 aliphatic carbocycles. The maximum absolute atomic E-state index is 11.3. The van der Waals surface area contributed by atoms with Crippen LogP contribution in [0.1, 0.15) is 37.2 Å². The Morgan fingerprint density at radius 1 is 1.28 bits per heavy atom. The van der Waals surface area contributed by atoms with Crippen molar-refractivity contribution in [2.75, 3.05) is 11.5 Å². The highest BCUT2D eigenvalue weighted by Gasteiger charge is 2.21. The van der Waals surface area contributed by atoms with Gasteiger partial charge in [-0.1, -0.05) is 43.2 Å². The lowest BCUT2D eigenvalue weighted by atomic mass is 10.0. The summed E-state index contributed by atoms with van der Waals surface area (Å²) >= 11 is 1.80. The van der Waals surface area contributed by atoms with Crippen LogP contribution in [-0.4, -0.2) is 22.6 Å². The predicted octanol–water partition coefficient (Wildman–Crippen LogP) is 3.78. The van der Waals surface area contributed by atoms with E-state index < -0.39 is 5.97 Å². The predicted molar refractivity (Wildman–Crippen MR) is 76.1 cm³/mol. The van der Waals surface area contributed by atoms with Gasteiger partial charge < -0.3 is 5.11 Å². The number of thioether (sulfide) groups is 1. The summed E-state index contributed by atoms with van der Waals surface area (Å²) < 4.78 is 0. The van der Waals surface area contributed by atoms with Gasteiger partial charge in [-0.25, -0.2) is 0 Å². The topological polar surface area (TPSA) is 37.3 Å². The van der Waals surface area contributed by atoms with Gasteiger partial charge in [0.05, 0.1) is 5.92 Å². The Balaban J connectivity index is 1.85. The van der Waals surface area contributed by atoms with Crippen molar-refractivity contribution < 1.29 is 9.90 Å². The van der Waals surface area contributed by atoms with E-state index in [4.69, 9.17) is 0 Å². The van der Waals surface area contributed by atoms with Gasteiger partial charge in [0.15, 0.2) is 0 Å². The molecule has 0 heterocycles. The molecule has 2 nitrogen and oxygen atoms in total. The molecule has 1 saturated carbocycles. The van der Waals surface area contributed by atoms with E-state index in [1.54, 1.807) is 11.8 Å². The molecule has 1 unspecified atom stereocenters. The third kappa shape index (κ3) is 3.77. The molecule has 0 aromatic heterocycles. The van der Waals surface area contributed by atoms with E-state index in [9.17, 15) is 9.90 Å². The van der Waals surface area contributed by atoms with Crippen LogP contribution in [0.4, 0.5) is 0 Å². The van der Waals surface area contributed by atoms with Crippen LogP contribution < -0.4 is 0 Å². The van der Waals surface area contributed by atoms with Gasteiger partial charge in [0, 0.05) is 5.75 Å². The number of carbonyl (C=O) groups is 1. The highest BCUT2D eigenvalue weighted by Crippen LogP contribution is 2.30. The van der Waals surface area contributed by atoms with Gasteiger partial charge in [-0.05, 0) is 30.1 Å². The molecule has 3 heteroatoms. The van der Waals surface area contributed by atoms with Crippen LogP contribution in [0, 0.1) is 5.92 Å². The maximum Gasteiger partial charge on any atom is 0.311 e. The molecular weight excluding hydrogens is 244 g/mol. The standard InChI is InChI=1S/C15H20O2S/c16-15(17)14(13-8-2-1-3-9-13)11-18-10-12-6-4-5-7-12/h1-3,8-9,12,14H,4-7,10-11H2,(H,16,17). The van der Waals surface area contributed by atoms with E-state index in [2.05, 4.69) is 0 Å². The van der Waals surface area contributed by atoms with Crippen LogP contribution in [0.25, 0.3) is 0 Å². The first-order valence-corrected chi connectivity index (χ1v) is 7.78. The summed E-state index contributed by atoms with van der Waals surface area (Å²) in [5.41, 5.74) is 0.920. The first kappa shape index (κ1) is 13.5. The molecule has 0 aliphatic heterocycles. The van der Waals surface area contributed by atoms with Gasteiger partial charge in [-0.15, -0.1) is 0 Å². The molecule has 1 atom stereocenters. The van der Waals surface area contributed by atoms with E-state index in [1.807, 2.05) is 30.3 Å². The summed E-state index contributed by atoms with van der Waals surface area (Å²) in [5, 5.41) is 9.31. The molecule has 98 valence electrons. The zero-order valence-electron chi connectivity index (χ0n) is 10.5. The summed E-state index contributed by atoms with van der Waals surface area (Å²) in [7, 11) is 0. The molecule has 1 fully saturated rings. The highest BCUT2D eigenvalue weighted by molar-refractivity contribution is 7.99. The van der Waals surface area contributed by atoms with Crippen LogP contribution in [-0.2, 0) is 4.79 Å². The second-order valence-electron chi connectivity index (χ2n) is 4.99. The second-order valence-corrected chi connectivity index (χ2v) is 6.06. The molecule has 0 saturated heterocycles. The van der Waals surface area contributed by atoms with Crippen LogP contribution >= 0.6 is 11.8 Å². The Labute approximate surface area is 113 Å². The minimum atomic E-state index is -0.708. The first-order chi connectivity index (χ1) is 8.77. The minimum absolute atomic E-state index is 0.363. The fourth-order valence-electron chi connectivity index (χ4n) is 2.53. The minimum Gasteiger partial charge on any atom is -0.481 e. The van der Waals surface area contributed by atoms with Gasteiger partial charge in [-0.2, -0.15) is 11.8 Å². The first-order valence-electron chi connectivity index (χ1n) is 6.63. The lowest BCUT2D eigenvalue weighted by Gasteiger charge is -2.14. The fraction of sp³-hybridized carbons (Fsp3) is 0.533. The van der Waals surface area contributed by atoms with Crippen molar-refractivity contribution in [3.63, 3.8) is 0 Å². The van der Waals surface area contributed by atoms with Crippen LogP contribution in [0.5, 0.6) is 0 Å². The smallest absolute Gasteiger partial charge is 0.311 e. The van der Waals surface area contributed by atoms with Gasteiger partial charge in [0.25, 0.3) is 0 Å². The molecule has 0 bridgehead atoms. The summed E-state index contributed by atoms with van der Waals surface area (Å²) in [6.07, 6.45) is 5.37. The number of aliphatic carboxylic acids is 1. The van der Waals surface area contributed by atoms with Crippen molar-refractivity contribution in [2.24, 2.45) is 5.92 Å². The third-order valence-corrected chi connectivity index (χ3v) is 4.89. The number of carboxylic acids is 1. The zero-order chi connectivity index (χ0) is 12.8. The zero-order valence-corrected chi connectivity index (χ0v) is 11.4. The molecule has 1 aromatic rings. The monoisotopic (exact) mass is 264 g/mol. The molecule has 0 amide bonds. The van der Waals surface area contributed by atoms with E-state index in [0.29, 0.717) is 5.75 Å². The van der Waals surface area contributed by atoms with Gasteiger partial charge in [0.2, 0.25) is 0 Å².